The normalized spacial score (nSPS) is 23.3. The number of carboxylic acids is 1. The molecule has 0 saturated carbocycles. The third-order valence-electron chi connectivity index (χ3n) is 6.48. The third-order valence-corrected chi connectivity index (χ3v) is 6.48. The first-order valence-electron chi connectivity index (χ1n) is 11.7. The van der Waals surface area contributed by atoms with Crippen molar-refractivity contribution in [3.8, 4) is 11.5 Å². The number of hydrogen-bond acceptors (Lipinski definition) is 10. The number of aromatic carboxylic acids is 1. The van der Waals surface area contributed by atoms with Crippen molar-refractivity contribution in [1.29, 1.82) is 0 Å². The second kappa shape index (κ2) is 9.62. The number of fused-ring (bicyclic) bond motifs is 1. The Morgan fingerprint density at radius 1 is 1.31 bits per heavy atom. The molecule has 4 rings (SSSR count). The first-order chi connectivity index (χ1) is 16.4. The number of hydrazine groups is 1. The van der Waals surface area contributed by atoms with Gasteiger partial charge in [0, 0.05) is 19.6 Å². The van der Waals surface area contributed by atoms with Crippen molar-refractivity contribution in [1.82, 2.24) is 21.1 Å². The maximum absolute atomic E-state index is 12.5. The van der Waals surface area contributed by atoms with Crippen molar-refractivity contribution >= 4 is 24.5 Å². The first-order valence-corrected chi connectivity index (χ1v) is 11.7. The van der Waals surface area contributed by atoms with Crippen LogP contribution in [0.2, 0.25) is 6.32 Å². The number of likely N-dealkylation sites (tertiary alicyclic amines) is 1. The number of carboxylic acid groups (broad SMARTS) is 1. The van der Waals surface area contributed by atoms with Crippen molar-refractivity contribution in [3.63, 3.8) is 0 Å². The number of hydrogen-bond donors (Lipinski definition) is 7. The van der Waals surface area contributed by atoms with Gasteiger partial charge in [0.15, 0.2) is 0 Å². The summed E-state index contributed by atoms with van der Waals surface area (Å²) in [7, 11) is 0. The predicted octanol–water partition coefficient (Wildman–Crippen LogP) is -2.08. The number of ether oxygens (including phenoxy) is 1. The fraction of sp³-hybridized carbons (Fsp3) is 0.571. The average Bonchev–Trinajstić information content (AvgIpc) is 3.29. The highest BCUT2D eigenvalue weighted by atomic mass is 16.6. The van der Waals surface area contributed by atoms with E-state index in [4.69, 9.17) is 15.1 Å². The summed E-state index contributed by atoms with van der Waals surface area (Å²) in [6.07, 6.45) is 1.50. The maximum Gasteiger partial charge on any atom is 0.430 e. The zero-order valence-electron chi connectivity index (χ0n) is 19.5. The quantitative estimate of drug-likeness (QED) is 0.163. The Labute approximate surface area is 201 Å². The summed E-state index contributed by atoms with van der Waals surface area (Å²) < 4.78 is 11.0. The Morgan fingerprint density at radius 3 is 2.71 bits per heavy atom. The van der Waals surface area contributed by atoms with Crippen LogP contribution in [0.3, 0.4) is 0 Å². The summed E-state index contributed by atoms with van der Waals surface area (Å²) in [5, 5.41) is 32.4. The number of rotatable bonds is 7. The van der Waals surface area contributed by atoms with E-state index in [1.54, 1.807) is 13.0 Å². The molecular formula is C21H31BN5O8-. The second-order valence-corrected chi connectivity index (χ2v) is 9.69. The van der Waals surface area contributed by atoms with Gasteiger partial charge in [-0.2, -0.15) is 0 Å². The summed E-state index contributed by atoms with van der Waals surface area (Å²) in [5.74, 6) is -2.18. The lowest BCUT2D eigenvalue weighted by Crippen LogP contribution is -2.66. The van der Waals surface area contributed by atoms with Crippen LogP contribution >= 0.6 is 0 Å². The molecule has 2 atom stereocenters. The van der Waals surface area contributed by atoms with E-state index in [1.165, 1.54) is 6.07 Å². The fourth-order valence-corrected chi connectivity index (χ4v) is 4.53. The number of amides is 2. The number of aryl methyl sites for hydroxylation is 1. The van der Waals surface area contributed by atoms with E-state index in [0.29, 0.717) is 25.1 Å². The Kier molecular flexibility index (Phi) is 6.93. The highest BCUT2D eigenvalue weighted by molar-refractivity contribution is 6.59. The van der Waals surface area contributed by atoms with Gasteiger partial charge in [0.2, 0.25) is 0 Å². The standard InChI is InChI=1S/C21H31BN5O8/c1-21(23,20(31)26-25-18(28)14-3-2-8-24-14)11-27-9-13(10-27)34-15-5-4-12-6-7-22(32,33)35-17(12)16(15)19(29)30/h4-5,13-14,24,32-33H,2-3,6-11,23H2,1H3,(H,25,28)(H,26,31)(H,29,30)/q-1/t14-,21?/m0/s1. The smallest absolute Gasteiger partial charge is 0.430 e. The molecule has 35 heavy (non-hydrogen) atoms. The van der Waals surface area contributed by atoms with Crippen LogP contribution in [-0.4, -0.2) is 88.5 Å². The Hall–Kier alpha value is -2.91. The monoisotopic (exact) mass is 492 g/mol. The van der Waals surface area contributed by atoms with Gasteiger partial charge in [-0.25, -0.2) is 4.79 Å². The number of carbonyl (C=O) groups excluding carboxylic acids is 2. The van der Waals surface area contributed by atoms with Gasteiger partial charge in [0.25, 0.3) is 11.8 Å². The topological polar surface area (TPSA) is 196 Å². The molecule has 0 aromatic heterocycles. The molecule has 3 heterocycles. The number of nitrogens with zero attached hydrogens (tertiary/aromatic N) is 1. The first kappa shape index (κ1) is 25.2. The van der Waals surface area contributed by atoms with E-state index in [-0.39, 0.29) is 54.4 Å². The summed E-state index contributed by atoms with van der Waals surface area (Å²) in [4.78, 5) is 38.3. The molecule has 3 aliphatic heterocycles. The van der Waals surface area contributed by atoms with E-state index in [2.05, 4.69) is 16.2 Å². The van der Waals surface area contributed by atoms with E-state index >= 15 is 0 Å². The van der Waals surface area contributed by atoms with Crippen LogP contribution in [0, 0.1) is 0 Å². The lowest BCUT2D eigenvalue weighted by Gasteiger charge is -2.43. The van der Waals surface area contributed by atoms with Gasteiger partial charge in [-0.05, 0) is 44.4 Å². The van der Waals surface area contributed by atoms with Crippen molar-refractivity contribution in [2.75, 3.05) is 26.2 Å². The molecule has 192 valence electrons. The van der Waals surface area contributed by atoms with E-state index in [9.17, 15) is 29.5 Å². The van der Waals surface area contributed by atoms with Crippen LogP contribution < -0.4 is 31.3 Å². The molecule has 1 aromatic rings. The number of nitrogens with one attached hydrogen (secondary N) is 3. The fourth-order valence-electron chi connectivity index (χ4n) is 4.53. The van der Waals surface area contributed by atoms with Crippen molar-refractivity contribution < 1.29 is 38.9 Å². The Bertz CT molecular complexity index is 1010. The van der Waals surface area contributed by atoms with Crippen LogP contribution in [0.15, 0.2) is 12.1 Å². The molecule has 1 aromatic carbocycles. The number of carbonyl (C=O) groups is 3. The predicted molar refractivity (Wildman–Crippen MR) is 123 cm³/mol. The van der Waals surface area contributed by atoms with Crippen molar-refractivity contribution in [3.05, 3.63) is 23.3 Å². The minimum Gasteiger partial charge on any atom is -0.669 e. The molecule has 2 amide bonds. The summed E-state index contributed by atoms with van der Waals surface area (Å²) in [6.45, 7) is 0.164. The maximum atomic E-state index is 12.5. The SMILES string of the molecule is CC(N)(CN1CC(Oc2ccc3c(c2C(=O)O)O[B-](O)(O)CC3)C1)C(=O)NNC(=O)[C@@H]1CCCN1. The summed E-state index contributed by atoms with van der Waals surface area (Å²) in [5.41, 5.74) is 9.97. The molecule has 8 N–H and O–H groups in total. The average molecular weight is 492 g/mol. The van der Waals surface area contributed by atoms with Crippen LogP contribution in [0.4, 0.5) is 0 Å². The highest BCUT2D eigenvalue weighted by Gasteiger charge is 2.39. The van der Waals surface area contributed by atoms with E-state index in [0.717, 1.165) is 13.0 Å². The van der Waals surface area contributed by atoms with Gasteiger partial charge in [-0.3, -0.25) is 25.3 Å². The highest BCUT2D eigenvalue weighted by Crippen LogP contribution is 2.39. The van der Waals surface area contributed by atoms with E-state index in [1.807, 2.05) is 4.90 Å². The molecule has 2 saturated heterocycles. The van der Waals surface area contributed by atoms with Crippen molar-refractivity contribution in [2.45, 2.75) is 50.2 Å². The van der Waals surface area contributed by atoms with Crippen molar-refractivity contribution in [2.24, 2.45) is 5.73 Å². The second-order valence-electron chi connectivity index (χ2n) is 9.69. The Balaban J connectivity index is 1.30. The van der Waals surface area contributed by atoms with Gasteiger partial charge >= 0.3 is 12.7 Å². The molecule has 0 radical (unpaired) electrons. The minimum atomic E-state index is -3.12. The zero-order valence-corrected chi connectivity index (χ0v) is 19.5. The van der Waals surface area contributed by atoms with Crippen LogP contribution in [-0.2, 0) is 16.0 Å². The van der Waals surface area contributed by atoms with Gasteiger partial charge in [-0.1, -0.05) is 12.4 Å². The van der Waals surface area contributed by atoms with Crippen LogP contribution in [0.1, 0.15) is 35.7 Å². The molecule has 0 bridgehead atoms. The van der Waals surface area contributed by atoms with Gasteiger partial charge < -0.3 is 35.6 Å². The lowest BCUT2D eigenvalue weighted by atomic mass is 9.70. The molecule has 3 aliphatic rings. The molecule has 13 nitrogen and oxygen atoms in total. The van der Waals surface area contributed by atoms with Crippen LogP contribution in [0.25, 0.3) is 0 Å². The molecule has 0 spiro atoms. The van der Waals surface area contributed by atoms with Gasteiger partial charge in [0.1, 0.15) is 23.0 Å². The van der Waals surface area contributed by atoms with E-state index < -0.39 is 24.2 Å². The zero-order chi connectivity index (χ0) is 25.4. The molecule has 1 unspecified atom stereocenters. The van der Waals surface area contributed by atoms with Gasteiger partial charge in [-0.15, -0.1) is 0 Å². The van der Waals surface area contributed by atoms with Gasteiger partial charge in [0.05, 0.1) is 11.8 Å². The molecule has 0 aliphatic carbocycles. The summed E-state index contributed by atoms with van der Waals surface area (Å²) in [6, 6.07) is 2.85. The lowest BCUT2D eigenvalue weighted by molar-refractivity contribution is -0.133. The molecule has 14 heteroatoms. The number of benzene rings is 1. The molecule has 2 fully saturated rings. The largest absolute Gasteiger partial charge is 0.669 e. The Morgan fingerprint density at radius 2 is 2.06 bits per heavy atom. The third kappa shape index (κ3) is 5.68. The molecular weight excluding hydrogens is 461 g/mol. The minimum absolute atomic E-state index is 0.0174. The summed E-state index contributed by atoms with van der Waals surface area (Å²) >= 11 is 0. The number of nitrogens with two attached hydrogens (primary N) is 1. The van der Waals surface area contributed by atoms with Crippen LogP contribution in [0.5, 0.6) is 11.5 Å².